The maximum Gasteiger partial charge on any atom is 0.269 e. The van der Waals surface area contributed by atoms with Crippen LogP contribution in [0.3, 0.4) is 0 Å². The molecule has 0 N–H and O–H groups in total. The van der Waals surface area contributed by atoms with Crippen molar-refractivity contribution in [1.82, 2.24) is 9.88 Å². The van der Waals surface area contributed by atoms with E-state index in [-0.39, 0.29) is 5.91 Å². The Bertz CT molecular complexity index is 1250. The summed E-state index contributed by atoms with van der Waals surface area (Å²) in [5, 5.41) is 2.78. The van der Waals surface area contributed by atoms with Gasteiger partial charge in [-0.25, -0.2) is 9.98 Å². The fraction of sp³-hybridized carbons (Fsp3) is 0.261. The van der Waals surface area contributed by atoms with Crippen molar-refractivity contribution in [3.8, 4) is 0 Å². The maximum absolute atomic E-state index is 13.4. The number of carbonyl (C=O) groups excluding carboxylic acids is 1. The van der Waals surface area contributed by atoms with Crippen molar-refractivity contribution < 1.29 is 4.79 Å². The molecular formula is C23H22N4OS3. The molecule has 5 nitrogen and oxygen atoms in total. The topological polar surface area (TPSA) is 48.8 Å². The van der Waals surface area contributed by atoms with Crippen LogP contribution in [0.15, 0.2) is 62.3 Å². The van der Waals surface area contributed by atoms with Gasteiger partial charge < -0.3 is 4.90 Å². The van der Waals surface area contributed by atoms with Gasteiger partial charge in [0, 0.05) is 18.5 Å². The molecule has 0 aliphatic carbocycles. The second-order valence-electron chi connectivity index (χ2n) is 7.45. The number of hydrogen-bond acceptors (Lipinski definition) is 7. The molecule has 1 aromatic heterocycles. The minimum absolute atomic E-state index is 0.0501. The number of thiazole rings is 1. The third-order valence-corrected chi connectivity index (χ3v) is 8.60. The molecule has 158 valence electrons. The van der Waals surface area contributed by atoms with Crippen LogP contribution in [0.4, 0.5) is 11.4 Å². The van der Waals surface area contributed by atoms with Gasteiger partial charge in [0.15, 0.2) is 5.17 Å². The number of para-hydroxylation sites is 1. The number of amides is 1. The number of unbranched alkanes of at least 4 members (excludes halogenated alkanes) is 1. The summed E-state index contributed by atoms with van der Waals surface area (Å²) < 4.78 is 1.12. The smallest absolute Gasteiger partial charge is 0.269 e. The molecule has 3 heterocycles. The number of hydrogen-bond donors (Lipinski definition) is 0. The first-order valence-electron chi connectivity index (χ1n) is 10.3. The molecule has 3 aromatic rings. The van der Waals surface area contributed by atoms with Crippen molar-refractivity contribution in [2.24, 2.45) is 4.99 Å². The lowest BCUT2D eigenvalue weighted by Crippen LogP contribution is -2.30. The molecule has 1 amide bonds. The first-order chi connectivity index (χ1) is 15.0. The number of anilines is 1. The van der Waals surface area contributed by atoms with Crippen LogP contribution in [-0.4, -0.2) is 34.6 Å². The van der Waals surface area contributed by atoms with Crippen LogP contribution in [-0.2, 0) is 4.79 Å². The zero-order chi connectivity index (χ0) is 21.5. The maximum atomic E-state index is 13.4. The van der Waals surface area contributed by atoms with E-state index >= 15 is 0 Å². The monoisotopic (exact) mass is 466 g/mol. The van der Waals surface area contributed by atoms with Crippen molar-refractivity contribution in [1.29, 1.82) is 0 Å². The van der Waals surface area contributed by atoms with Gasteiger partial charge in [-0.05, 0) is 55.4 Å². The van der Waals surface area contributed by atoms with Gasteiger partial charge in [-0.1, -0.05) is 37.2 Å². The van der Waals surface area contributed by atoms with E-state index in [1.165, 1.54) is 16.7 Å². The molecule has 8 heteroatoms. The van der Waals surface area contributed by atoms with Crippen LogP contribution in [0.25, 0.3) is 10.2 Å². The minimum Gasteiger partial charge on any atom is -0.337 e. The number of thioether (sulfide) groups is 2. The second-order valence-corrected chi connectivity index (χ2v) is 10.7. The molecule has 1 saturated heterocycles. The van der Waals surface area contributed by atoms with E-state index in [1.807, 2.05) is 43.1 Å². The molecule has 2 aliphatic rings. The third kappa shape index (κ3) is 3.77. The summed E-state index contributed by atoms with van der Waals surface area (Å²) in [4.78, 5) is 28.8. The van der Waals surface area contributed by atoms with Crippen molar-refractivity contribution in [2.75, 3.05) is 18.5 Å². The number of benzene rings is 2. The molecule has 0 bridgehead atoms. The number of aliphatic imine (C=N–C) groups is 1. The van der Waals surface area contributed by atoms with E-state index < -0.39 is 0 Å². The first-order valence-corrected chi connectivity index (χ1v) is 12.7. The molecular weight excluding hydrogens is 444 g/mol. The summed E-state index contributed by atoms with van der Waals surface area (Å²) in [6.45, 7) is 4.84. The van der Waals surface area contributed by atoms with Crippen molar-refractivity contribution in [3.05, 3.63) is 57.4 Å². The highest BCUT2D eigenvalue weighted by Crippen LogP contribution is 2.50. The Kier molecular flexibility index (Phi) is 5.54. The molecule has 0 saturated carbocycles. The predicted molar refractivity (Wildman–Crippen MR) is 133 cm³/mol. The average Bonchev–Trinajstić information content (AvgIpc) is 3.39. The lowest BCUT2D eigenvalue weighted by atomic mass is 10.3. The zero-order valence-corrected chi connectivity index (χ0v) is 20.0. The molecule has 2 aromatic carbocycles. The Morgan fingerprint density at radius 2 is 1.97 bits per heavy atom. The predicted octanol–water partition coefficient (Wildman–Crippen LogP) is 6.38. The molecule has 2 aliphatic heterocycles. The molecule has 0 atom stereocenters. The summed E-state index contributed by atoms with van der Waals surface area (Å²) in [6, 6.07) is 14.3. The molecule has 0 radical (unpaired) electrons. The molecule has 31 heavy (non-hydrogen) atoms. The van der Waals surface area contributed by atoms with Gasteiger partial charge in [0.2, 0.25) is 0 Å². The molecule has 1 fully saturated rings. The van der Waals surface area contributed by atoms with E-state index in [9.17, 15) is 4.79 Å². The third-order valence-electron chi connectivity index (χ3n) is 5.23. The minimum atomic E-state index is 0.0501. The standard InChI is InChI=1S/C23H22N4OS3/c1-4-5-12-27-21(28)20(22-26(3)17-8-6-7-9-18(17)30-22)31-23(27)25-15-10-11-16-19(13-15)29-14(2)24-16/h6-11,13H,4-5,12H2,1-3H3/b22-20-,25-23?. The van der Waals surface area contributed by atoms with Crippen LogP contribution in [0, 0.1) is 6.92 Å². The number of aromatic nitrogens is 1. The molecule has 0 unspecified atom stereocenters. The number of carbonyl (C=O) groups is 1. The Labute approximate surface area is 194 Å². The lowest BCUT2D eigenvalue weighted by molar-refractivity contribution is -0.122. The molecule has 0 spiro atoms. The summed E-state index contributed by atoms with van der Waals surface area (Å²) in [5.41, 5.74) is 2.99. The highest BCUT2D eigenvalue weighted by atomic mass is 32.2. The highest BCUT2D eigenvalue weighted by Gasteiger charge is 2.38. The Hall–Kier alpha value is -2.29. The van der Waals surface area contributed by atoms with E-state index in [0.29, 0.717) is 6.54 Å². The number of fused-ring (bicyclic) bond motifs is 2. The second kappa shape index (κ2) is 8.33. The fourth-order valence-corrected chi connectivity index (χ4v) is 6.87. The van der Waals surface area contributed by atoms with Gasteiger partial charge in [0.05, 0.1) is 31.6 Å². The van der Waals surface area contributed by atoms with Crippen molar-refractivity contribution in [2.45, 2.75) is 31.6 Å². The summed E-state index contributed by atoms with van der Waals surface area (Å²) in [6.07, 6.45) is 1.98. The van der Waals surface area contributed by atoms with Gasteiger partial charge in [0.1, 0.15) is 4.91 Å². The molecule has 5 rings (SSSR count). The van der Waals surface area contributed by atoms with Gasteiger partial charge in [0.25, 0.3) is 5.91 Å². The summed E-state index contributed by atoms with van der Waals surface area (Å²) >= 11 is 4.81. The van der Waals surface area contributed by atoms with Crippen molar-refractivity contribution in [3.63, 3.8) is 0 Å². The zero-order valence-electron chi connectivity index (χ0n) is 17.6. The lowest BCUT2D eigenvalue weighted by Gasteiger charge is -2.16. The van der Waals surface area contributed by atoms with E-state index in [4.69, 9.17) is 4.99 Å². The van der Waals surface area contributed by atoms with Crippen LogP contribution in [0.2, 0.25) is 0 Å². The normalized spacial score (nSPS) is 19.8. The van der Waals surface area contributed by atoms with Crippen LogP contribution in [0.1, 0.15) is 24.8 Å². The van der Waals surface area contributed by atoms with Crippen molar-refractivity contribution >= 4 is 67.5 Å². The quantitative estimate of drug-likeness (QED) is 0.418. The summed E-state index contributed by atoms with van der Waals surface area (Å²) in [7, 11) is 2.03. The van der Waals surface area contributed by atoms with Gasteiger partial charge in [-0.15, -0.1) is 11.3 Å². The van der Waals surface area contributed by atoms with Gasteiger partial charge in [-0.3, -0.25) is 9.69 Å². The Morgan fingerprint density at radius 1 is 1.13 bits per heavy atom. The fourth-order valence-electron chi connectivity index (χ4n) is 3.64. The Balaban J connectivity index is 1.53. The van der Waals surface area contributed by atoms with Gasteiger partial charge >= 0.3 is 0 Å². The number of rotatable bonds is 4. The highest BCUT2D eigenvalue weighted by molar-refractivity contribution is 8.19. The largest absolute Gasteiger partial charge is 0.337 e. The Morgan fingerprint density at radius 3 is 2.77 bits per heavy atom. The summed E-state index contributed by atoms with van der Waals surface area (Å²) in [5.74, 6) is 0.0501. The van der Waals surface area contributed by atoms with Crippen LogP contribution < -0.4 is 4.90 Å². The SMILES string of the molecule is CCCCN1C(=O)/C(=C2/Sc3ccccc3N2C)SC1=Nc1ccc2nc(C)sc2c1. The first kappa shape index (κ1) is 20.6. The average molecular weight is 467 g/mol. The van der Waals surface area contributed by atoms with E-state index in [1.54, 1.807) is 23.1 Å². The van der Waals surface area contributed by atoms with Gasteiger partial charge in [-0.2, -0.15) is 0 Å². The van der Waals surface area contributed by atoms with E-state index in [2.05, 4.69) is 35.0 Å². The van der Waals surface area contributed by atoms with Crippen LogP contribution >= 0.6 is 34.9 Å². The van der Waals surface area contributed by atoms with E-state index in [0.717, 1.165) is 54.5 Å². The number of aryl methyl sites for hydroxylation is 1. The number of nitrogens with zero attached hydrogens (tertiary/aromatic N) is 4. The van der Waals surface area contributed by atoms with Crippen LogP contribution in [0.5, 0.6) is 0 Å². The number of amidine groups is 1.